The van der Waals surface area contributed by atoms with Crippen molar-refractivity contribution in [3.8, 4) is 10.6 Å². The van der Waals surface area contributed by atoms with Gasteiger partial charge in [0.15, 0.2) is 6.10 Å². The van der Waals surface area contributed by atoms with Crippen LogP contribution >= 0.6 is 11.3 Å². The summed E-state index contributed by atoms with van der Waals surface area (Å²) in [4.78, 5) is 32.0. The van der Waals surface area contributed by atoms with E-state index in [1.54, 1.807) is 18.7 Å². The predicted octanol–water partition coefficient (Wildman–Crippen LogP) is 4.45. The fourth-order valence-electron chi connectivity index (χ4n) is 3.49. The van der Waals surface area contributed by atoms with E-state index in [4.69, 9.17) is 4.74 Å². The molecule has 2 aromatic rings. The highest BCUT2D eigenvalue weighted by Gasteiger charge is 2.29. The number of likely N-dealkylation sites (N-methyl/N-ethyl adjacent to an activating group) is 1. The summed E-state index contributed by atoms with van der Waals surface area (Å²) in [6.45, 7) is 3.44. The number of hydrogen-bond donors (Lipinski definition) is 0. The van der Waals surface area contributed by atoms with E-state index >= 15 is 0 Å². The molecule has 1 amide bonds. The summed E-state index contributed by atoms with van der Waals surface area (Å²) in [5, 5.41) is 0.776. The van der Waals surface area contributed by atoms with Crippen molar-refractivity contribution in [1.82, 2.24) is 9.88 Å². The van der Waals surface area contributed by atoms with Crippen LogP contribution in [-0.2, 0) is 9.53 Å². The largest absolute Gasteiger partial charge is 0.448 e. The Morgan fingerprint density at radius 2 is 1.85 bits per heavy atom. The highest BCUT2D eigenvalue weighted by atomic mass is 32.1. The van der Waals surface area contributed by atoms with Crippen LogP contribution in [0.4, 0.5) is 0 Å². The van der Waals surface area contributed by atoms with Crippen molar-refractivity contribution in [2.24, 2.45) is 0 Å². The van der Waals surface area contributed by atoms with Crippen LogP contribution in [-0.4, -0.2) is 41.0 Å². The molecule has 1 saturated carbocycles. The van der Waals surface area contributed by atoms with Gasteiger partial charge in [0.2, 0.25) is 0 Å². The predicted molar refractivity (Wildman–Crippen MR) is 107 cm³/mol. The topological polar surface area (TPSA) is 59.5 Å². The standard InChI is InChI=1S/C21H26N2O3S/c1-14-18(27-19(22-14)16-10-6-4-7-11-16)21(25)26-15(2)20(24)23(3)17-12-8-5-9-13-17/h4,6-7,10-11,15,17H,5,8-9,12-13H2,1-3H3/t15-/m1/s1. The molecule has 144 valence electrons. The lowest BCUT2D eigenvalue weighted by molar-refractivity contribution is -0.141. The van der Waals surface area contributed by atoms with E-state index in [1.807, 2.05) is 37.4 Å². The zero-order valence-corrected chi connectivity index (χ0v) is 16.9. The van der Waals surface area contributed by atoms with Crippen LogP contribution < -0.4 is 0 Å². The van der Waals surface area contributed by atoms with E-state index in [-0.39, 0.29) is 11.9 Å². The second kappa shape index (κ2) is 8.65. The Balaban J connectivity index is 1.66. The van der Waals surface area contributed by atoms with Gasteiger partial charge in [0.05, 0.1) is 5.69 Å². The fourth-order valence-corrected chi connectivity index (χ4v) is 4.44. The molecule has 0 spiro atoms. The van der Waals surface area contributed by atoms with E-state index in [1.165, 1.54) is 17.8 Å². The smallest absolute Gasteiger partial charge is 0.351 e. The number of hydrogen-bond acceptors (Lipinski definition) is 5. The molecule has 1 aromatic carbocycles. The third-order valence-corrected chi connectivity index (χ3v) is 6.29. The molecule has 0 radical (unpaired) electrons. The van der Waals surface area contributed by atoms with Gasteiger partial charge in [0.1, 0.15) is 9.88 Å². The Hall–Kier alpha value is -2.21. The first-order valence-electron chi connectivity index (χ1n) is 9.48. The molecule has 0 bridgehead atoms. The molecule has 0 saturated heterocycles. The average molecular weight is 387 g/mol. The molecule has 0 aliphatic heterocycles. The maximum Gasteiger partial charge on any atom is 0.351 e. The number of aromatic nitrogens is 1. The lowest BCUT2D eigenvalue weighted by atomic mass is 9.94. The number of esters is 1. The molecule has 1 atom stereocenters. The van der Waals surface area contributed by atoms with Crippen LogP contribution in [0.5, 0.6) is 0 Å². The fraction of sp³-hybridized carbons (Fsp3) is 0.476. The summed E-state index contributed by atoms with van der Waals surface area (Å²) in [6.07, 6.45) is 4.79. The van der Waals surface area contributed by atoms with E-state index < -0.39 is 12.1 Å². The SMILES string of the molecule is Cc1nc(-c2ccccc2)sc1C(=O)O[C@H](C)C(=O)N(C)C1CCCCC1. The lowest BCUT2D eigenvalue weighted by Crippen LogP contribution is -2.44. The van der Waals surface area contributed by atoms with Crippen molar-refractivity contribution in [1.29, 1.82) is 0 Å². The van der Waals surface area contributed by atoms with Crippen LogP contribution in [0.15, 0.2) is 30.3 Å². The minimum Gasteiger partial charge on any atom is -0.448 e. The second-order valence-corrected chi connectivity index (χ2v) is 8.09. The summed E-state index contributed by atoms with van der Waals surface area (Å²) in [5.74, 6) is -0.620. The maximum absolute atomic E-state index is 12.7. The van der Waals surface area contributed by atoms with Crippen LogP contribution in [0.25, 0.3) is 10.6 Å². The van der Waals surface area contributed by atoms with Crippen molar-refractivity contribution in [2.75, 3.05) is 7.05 Å². The van der Waals surface area contributed by atoms with E-state index in [2.05, 4.69) is 4.98 Å². The Morgan fingerprint density at radius 1 is 1.19 bits per heavy atom. The Kier molecular flexibility index (Phi) is 6.26. The number of rotatable bonds is 5. The lowest BCUT2D eigenvalue weighted by Gasteiger charge is -2.32. The number of aryl methyl sites for hydroxylation is 1. The van der Waals surface area contributed by atoms with Gasteiger partial charge in [-0.05, 0) is 26.7 Å². The first-order chi connectivity index (χ1) is 13.0. The number of nitrogens with zero attached hydrogens (tertiary/aromatic N) is 2. The summed E-state index contributed by atoms with van der Waals surface area (Å²) < 4.78 is 5.48. The molecular weight excluding hydrogens is 360 g/mol. The molecule has 1 aliphatic carbocycles. The zero-order valence-electron chi connectivity index (χ0n) is 16.1. The zero-order chi connectivity index (χ0) is 19.4. The normalized spacial score (nSPS) is 16.0. The van der Waals surface area contributed by atoms with Gasteiger partial charge in [-0.1, -0.05) is 49.6 Å². The van der Waals surface area contributed by atoms with Crippen molar-refractivity contribution in [2.45, 2.75) is 58.1 Å². The number of ether oxygens (including phenoxy) is 1. The molecule has 6 heteroatoms. The third-order valence-electron chi connectivity index (χ3n) is 5.10. The highest BCUT2D eigenvalue weighted by Crippen LogP contribution is 2.29. The molecule has 1 aliphatic rings. The molecule has 0 unspecified atom stereocenters. The molecule has 27 heavy (non-hydrogen) atoms. The van der Waals surface area contributed by atoms with Crippen LogP contribution in [0, 0.1) is 6.92 Å². The van der Waals surface area contributed by atoms with Crippen LogP contribution in [0.2, 0.25) is 0 Å². The van der Waals surface area contributed by atoms with Gasteiger partial charge in [0, 0.05) is 18.7 Å². The highest BCUT2D eigenvalue weighted by molar-refractivity contribution is 7.17. The van der Waals surface area contributed by atoms with Crippen LogP contribution in [0.1, 0.15) is 54.4 Å². The third kappa shape index (κ3) is 4.56. The number of carbonyl (C=O) groups excluding carboxylic acids is 2. The van der Waals surface area contributed by atoms with E-state index in [0.717, 1.165) is 36.3 Å². The molecule has 1 fully saturated rings. The summed E-state index contributed by atoms with van der Waals surface area (Å²) in [6, 6.07) is 9.98. The number of thiazole rings is 1. The molecule has 1 aromatic heterocycles. The Morgan fingerprint density at radius 3 is 2.52 bits per heavy atom. The van der Waals surface area contributed by atoms with E-state index in [9.17, 15) is 9.59 Å². The van der Waals surface area contributed by atoms with Crippen molar-refractivity contribution < 1.29 is 14.3 Å². The van der Waals surface area contributed by atoms with Gasteiger partial charge >= 0.3 is 5.97 Å². The van der Waals surface area contributed by atoms with Gasteiger partial charge in [-0.15, -0.1) is 11.3 Å². The number of amides is 1. The Bertz CT molecular complexity index is 797. The van der Waals surface area contributed by atoms with Crippen molar-refractivity contribution >= 4 is 23.2 Å². The van der Waals surface area contributed by atoms with Crippen LogP contribution in [0.3, 0.4) is 0 Å². The van der Waals surface area contributed by atoms with Gasteiger partial charge < -0.3 is 9.64 Å². The van der Waals surface area contributed by atoms with Gasteiger partial charge in [-0.25, -0.2) is 9.78 Å². The minimum absolute atomic E-state index is 0.138. The Labute approximate surface area is 164 Å². The quantitative estimate of drug-likeness (QED) is 0.712. The van der Waals surface area contributed by atoms with Crippen molar-refractivity contribution in [3.63, 3.8) is 0 Å². The monoisotopic (exact) mass is 386 g/mol. The first kappa shape index (κ1) is 19.5. The number of carbonyl (C=O) groups is 2. The molecule has 3 rings (SSSR count). The van der Waals surface area contributed by atoms with Gasteiger partial charge in [-0.2, -0.15) is 0 Å². The summed E-state index contributed by atoms with van der Waals surface area (Å²) >= 11 is 1.30. The minimum atomic E-state index is -0.800. The second-order valence-electron chi connectivity index (χ2n) is 7.09. The molecule has 0 N–H and O–H groups in total. The maximum atomic E-state index is 12.7. The summed E-state index contributed by atoms with van der Waals surface area (Å²) in [5.41, 5.74) is 1.59. The molecular formula is C21H26N2O3S. The van der Waals surface area contributed by atoms with Gasteiger partial charge in [-0.3, -0.25) is 4.79 Å². The van der Waals surface area contributed by atoms with Gasteiger partial charge in [0.25, 0.3) is 5.91 Å². The first-order valence-corrected chi connectivity index (χ1v) is 10.3. The molecule has 5 nitrogen and oxygen atoms in total. The summed E-state index contributed by atoms with van der Waals surface area (Å²) in [7, 11) is 1.81. The van der Waals surface area contributed by atoms with E-state index in [0.29, 0.717) is 10.6 Å². The average Bonchev–Trinajstić information content (AvgIpc) is 3.10. The van der Waals surface area contributed by atoms with Crippen molar-refractivity contribution in [3.05, 3.63) is 40.9 Å². The number of benzene rings is 1. The molecule has 1 heterocycles.